The fourth-order valence-electron chi connectivity index (χ4n) is 3.04. The number of benzene rings is 2. The van der Waals surface area contributed by atoms with E-state index in [0.717, 1.165) is 10.2 Å². The molecule has 0 radical (unpaired) electrons. The number of rotatable bonds is 7. The highest BCUT2D eigenvalue weighted by Crippen LogP contribution is 2.26. The van der Waals surface area contributed by atoms with Crippen molar-refractivity contribution in [3.8, 4) is 0 Å². The molecule has 2 N–H and O–H groups in total. The van der Waals surface area contributed by atoms with Gasteiger partial charge in [-0.3, -0.25) is 9.59 Å². The second kappa shape index (κ2) is 8.31. The van der Waals surface area contributed by atoms with Gasteiger partial charge in [0.25, 0.3) is 5.56 Å². The third kappa shape index (κ3) is 4.43. The number of carbonyl (C=O) groups is 1. The van der Waals surface area contributed by atoms with Gasteiger partial charge in [-0.1, -0.05) is 54.6 Å². The molecular weight excluding hydrogens is 356 g/mol. The maximum absolute atomic E-state index is 12.5. The van der Waals surface area contributed by atoms with Crippen LogP contribution in [0.5, 0.6) is 0 Å². The van der Waals surface area contributed by atoms with Crippen LogP contribution >= 0.6 is 0 Å². The number of aromatic nitrogens is 3. The average Bonchev–Trinajstić information content (AvgIpc) is 2.69. The summed E-state index contributed by atoms with van der Waals surface area (Å²) in [4.78, 5) is 24.9. The van der Waals surface area contributed by atoms with Crippen LogP contribution in [0.15, 0.2) is 59.4 Å². The third-order valence-electron chi connectivity index (χ3n) is 5.07. The average molecular weight is 380 g/mol. The lowest BCUT2D eigenvalue weighted by atomic mass is 9.79. The molecule has 0 saturated heterocycles. The van der Waals surface area contributed by atoms with Crippen molar-refractivity contribution in [1.29, 1.82) is 0 Å². The number of carbonyl (C=O) groups excluding carboxylic acids is 1. The van der Waals surface area contributed by atoms with Gasteiger partial charge in [-0.15, -0.1) is 5.10 Å². The SMILES string of the molecule is C[C@H](O)[C@](C)(CNC(=O)Cn1nnc2ccccc2c1=O)Cc1ccccc1. The van der Waals surface area contributed by atoms with Gasteiger partial charge in [-0.05, 0) is 31.0 Å². The van der Waals surface area contributed by atoms with E-state index in [2.05, 4.69) is 15.6 Å². The Hall–Kier alpha value is -3.06. The van der Waals surface area contributed by atoms with Crippen LogP contribution in [0.4, 0.5) is 0 Å². The summed E-state index contributed by atoms with van der Waals surface area (Å²) in [5.41, 5.74) is 0.672. The number of nitrogens with one attached hydrogen (secondary N) is 1. The van der Waals surface area contributed by atoms with Crippen molar-refractivity contribution in [3.63, 3.8) is 0 Å². The van der Waals surface area contributed by atoms with Gasteiger partial charge in [0.1, 0.15) is 12.1 Å². The van der Waals surface area contributed by atoms with Crippen LogP contribution in [0, 0.1) is 5.41 Å². The van der Waals surface area contributed by atoms with E-state index in [4.69, 9.17) is 0 Å². The standard InChI is InChI=1S/C21H24N4O3/c1-15(26)21(2,12-16-8-4-3-5-9-16)14-22-19(27)13-25-20(28)17-10-6-7-11-18(17)23-24-25/h3-11,15,26H,12-14H2,1-2H3,(H,22,27)/t15-,21-/m0/s1. The molecule has 1 amide bonds. The molecule has 0 spiro atoms. The predicted molar refractivity (Wildman–Crippen MR) is 107 cm³/mol. The molecule has 2 aromatic carbocycles. The van der Waals surface area contributed by atoms with Gasteiger partial charge >= 0.3 is 0 Å². The quantitative estimate of drug-likeness (QED) is 0.648. The fourth-order valence-corrected chi connectivity index (χ4v) is 3.04. The molecule has 3 aromatic rings. The summed E-state index contributed by atoms with van der Waals surface area (Å²) in [6, 6.07) is 16.7. The van der Waals surface area contributed by atoms with Crippen LogP contribution in [0.2, 0.25) is 0 Å². The second-order valence-corrected chi connectivity index (χ2v) is 7.34. The molecule has 0 fully saturated rings. The lowest BCUT2D eigenvalue weighted by Crippen LogP contribution is -2.45. The molecule has 146 valence electrons. The molecule has 0 unspecified atom stereocenters. The summed E-state index contributed by atoms with van der Waals surface area (Å²) in [6.45, 7) is 3.69. The van der Waals surface area contributed by atoms with Crippen molar-refractivity contribution in [2.24, 2.45) is 5.41 Å². The molecular formula is C21H24N4O3. The second-order valence-electron chi connectivity index (χ2n) is 7.34. The minimum absolute atomic E-state index is 0.224. The zero-order valence-corrected chi connectivity index (χ0v) is 16.0. The molecule has 0 aliphatic rings. The molecule has 0 saturated carbocycles. The summed E-state index contributed by atoms with van der Waals surface area (Å²) in [6.07, 6.45) is -0.0159. The first-order valence-corrected chi connectivity index (χ1v) is 9.20. The van der Waals surface area contributed by atoms with Crippen LogP contribution in [0.3, 0.4) is 0 Å². The molecule has 0 bridgehead atoms. The summed E-state index contributed by atoms with van der Waals surface area (Å²) in [5, 5.41) is 21.3. The predicted octanol–water partition coefficient (Wildman–Crippen LogP) is 1.54. The molecule has 0 aliphatic heterocycles. The van der Waals surface area contributed by atoms with Crippen molar-refractivity contribution >= 4 is 16.8 Å². The first-order valence-electron chi connectivity index (χ1n) is 9.20. The van der Waals surface area contributed by atoms with E-state index in [0.29, 0.717) is 17.3 Å². The molecule has 7 nitrogen and oxygen atoms in total. The number of hydrogen-bond acceptors (Lipinski definition) is 5. The maximum Gasteiger partial charge on any atom is 0.278 e. The van der Waals surface area contributed by atoms with Crippen LogP contribution < -0.4 is 10.9 Å². The van der Waals surface area contributed by atoms with Crippen molar-refractivity contribution < 1.29 is 9.90 Å². The van der Waals surface area contributed by atoms with Gasteiger partial charge in [-0.25, -0.2) is 4.68 Å². The maximum atomic E-state index is 12.5. The van der Waals surface area contributed by atoms with Crippen molar-refractivity contribution in [2.75, 3.05) is 6.54 Å². The number of amides is 1. The van der Waals surface area contributed by atoms with E-state index >= 15 is 0 Å². The Bertz CT molecular complexity index is 1020. The highest BCUT2D eigenvalue weighted by Gasteiger charge is 2.31. The summed E-state index contributed by atoms with van der Waals surface area (Å²) in [5.74, 6) is -0.355. The number of aliphatic hydroxyl groups excluding tert-OH is 1. The van der Waals surface area contributed by atoms with Gasteiger partial charge in [-0.2, -0.15) is 0 Å². The monoisotopic (exact) mass is 380 g/mol. The molecule has 2 atom stereocenters. The Morgan fingerprint density at radius 2 is 1.86 bits per heavy atom. The fraction of sp³-hybridized carbons (Fsp3) is 0.333. The van der Waals surface area contributed by atoms with E-state index < -0.39 is 11.5 Å². The number of aliphatic hydroxyl groups is 1. The van der Waals surface area contributed by atoms with E-state index in [1.54, 1.807) is 31.2 Å². The smallest absolute Gasteiger partial charge is 0.278 e. The normalized spacial score (nSPS) is 14.4. The van der Waals surface area contributed by atoms with E-state index in [9.17, 15) is 14.7 Å². The van der Waals surface area contributed by atoms with E-state index in [1.807, 2.05) is 37.3 Å². The van der Waals surface area contributed by atoms with Crippen LogP contribution in [-0.4, -0.2) is 38.7 Å². The van der Waals surface area contributed by atoms with Gasteiger partial charge in [0.05, 0.1) is 11.5 Å². The topological polar surface area (TPSA) is 97.1 Å². The van der Waals surface area contributed by atoms with E-state index in [-0.39, 0.29) is 24.6 Å². The molecule has 1 heterocycles. The number of fused-ring (bicyclic) bond motifs is 1. The van der Waals surface area contributed by atoms with Crippen molar-refractivity contribution in [3.05, 3.63) is 70.5 Å². The van der Waals surface area contributed by atoms with Crippen molar-refractivity contribution in [1.82, 2.24) is 20.3 Å². The Labute approximate surface area is 163 Å². The minimum Gasteiger partial charge on any atom is -0.393 e. The van der Waals surface area contributed by atoms with Gasteiger partial charge in [0, 0.05) is 12.0 Å². The van der Waals surface area contributed by atoms with Gasteiger partial charge in [0.15, 0.2) is 0 Å². The highest BCUT2D eigenvalue weighted by atomic mass is 16.3. The summed E-state index contributed by atoms with van der Waals surface area (Å²) in [7, 11) is 0. The zero-order chi connectivity index (χ0) is 20.1. The van der Waals surface area contributed by atoms with Gasteiger partial charge in [0.2, 0.25) is 5.91 Å². The molecule has 1 aromatic heterocycles. The van der Waals surface area contributed by atoms with Crippen LogP contribution in [0.1, 0.15) is 19.4 Å². The summed E-state index contributed by atoms with van der Waals surface area (Å²) < 4.78 is 1.05. The van der Waals surface area contributed by atoms with Crippen molar-refractivity contribution in [2.45, 2.75) is 32.9 Å². The Balaban J connectivity index is 1.68. The first-order chi connectivity index (χ1) is 13.4. The lowest BCUT2D eigenvalue weighted by molar-refractivity contribution is -0.122. The summed E-state index contributed by atoms with van der Waals surface area (Å²) >= 11 is 0. The van der Waals surface area contributed by atoms with Gasteiger partial charge < -0.3 is 10.4 Å². The van der Waals surface area contributed by atoms with Crippen LogP contribution in [-0.2, 0) is 17.8 Å². The third-order valence-corrected chi connectivity index (χ3v) is 5.07. The molecule has 3 rings (SSSR count). The minimum atomic E-state index is -0.629. The Kier molecular flexibility index (Phi) is 5.84. The first kappa shape index (κ1) is 19.7. The molecule has 28 heavy (non-hydrogen) atoms. The number of nitrogens with zero attached hydrogens (tertiary/aromatic N) is 3. The molecule has 7 heteroatoms. The lowest BCUT2D eigenvalue weighted by Gasteiger charge is -2.33. The zero-order valence-electron chi connectivity index (χ0n) is 16.0. The van der Waals surface area contributed by atoms with Crippen LogP contribution in [0.25, 0.3) is 10.9 Å². The Morgan fingerprint density at radius 3 is 2.57 bits per heavy atom. The number of hydrogen-bond donors (Lipinski definition) is 2. The highest BCUT2D eigenvalue weighted by molar-refractivity contribution is 5.78. The Morgan fingerprint density at radius 1 is 1.18 bits per heavy atom. The van der Waals surface area contributed by atoms with E-state index in [1.165, 1.54) is 0 Å². The largest absolute Gasteiger partial charge is 0.393 e. The molecule has 0 aliphatic carbocycles.